The van der Waals surface area contributed by atoms with Gasteiger partial charge < -0.3 is 0 Å². The molecule has 0 radical (unpaired) electrons. The van der Waals surface area contributed by atoms with Crippen molar-refractivity contribution in [3.8, 4) is 0 Å². The predicted molar refractivity (Wildman–Crippen MR) is 45.6 cm³/mol. The smallest absolute Gasteiger partial charge is 0.206 e. The van der Waals surface area contributed by atoms with Crippen LogP contribution in [0.4, 0.5) is 26.3 Å². The van der Waals surface area contributed by atoms with Gasteiger partial charge in [0.1, 0.15) is 5.82 Å². The van der Waals surface area contributed by atoms with Crippen molar-refractivity contribution >= 4 is 0 Å². The molecule has 0 aromatic heterocycles. The van der Waals surface area contributed by atoms with E-state index in [-0.39, 0.29) is 6.07 Å². The maximum absolute atomic E-state index is 13.1. The Morgan fingerprint density at radius 2 is 1.62 bits per heavy atom. The van der Waals surface area contributed by atoms with Crippen molar-refractivity contribution < 1.29 is 26.3 Å². The highest BCUT2D eigenvalue weighted by atomic mass is 19.4. The lowest BCUT2D eigenvalue weighted by molar-refractivity contribution is -0.140. The van der Waals surface area contributed by atoms with Gasteiger partial charge in [-0.3, -0.25) is 0 Å². The summed E-state index contributed by atoms with van der Waals surface area (Å²) in [5, 5.41) is 0. The highest BCUT2D eigenvalue weighted by Crippen LogP contribution is 2.37. The molecule has 0 aliphatic rings. The molecule has 90 valence electrons. The molecule has 0 saturated carbocycles. The topological polar surface area (TPSA) is 0 Å². The lowest BCUT2D eigenvalue weighted by Gasteiger charge is -2.16. The Hall–Kier alpha value is -1.20. The van der Waals surface area contributed by atoms with Crippen LogP contribution >= 0.6 is 0 Å². The predicted octanol–water partition coefficient (Wildman–Crippen LogP) is 4.35. The number of hydrogen-bond donors (Lipinski definition) is 0. The van der Waals surface area contributed by atoms with Crippen LogP contribution in [0.15, 0.2) is 18.2 Å². The molecule has 16 heavy (non-hydrogen) atoms. The van der Waals surface area contributed by atoms with Gasteiger partial charge in [-0.1, -0.05) is 13.0 Å². The number of rotatable bonds is 2. The Morgan fingerprint density at radius 3 is 2.06 bits per heavy atom. The van der Waals surface area contributed by atoms with Crippen LogP contribution in [0.2, 0.25) is 0 Å². The van der Waals surface area contributed by atoms with Crippen LogP contribution < -0.4 is 0 Å². The molecular formula is C10H8F6. The third-order valence-corrected chi connectivity index (χ3v) is 2.14. The van der Waals surface area contributed by atoms with Gasteiger partial charge in [-0.2, -0.15) is 13.2 Å². The third-order valence-electron chi connectivity index (χ3n) is 2.14. The normalized spacial score (nSPS) is 12.9. The Morgan fingerprint density at radius 1 is 1.06 bits per heavy atom. The van der Waals surface area contributed by atoms with Crippen molar-refractivity contribution in [3.63, 3.8) is 0 Å². The minimum absolute atomic E-state index is 0.152. The van der Waals surface area contributed by atoms with E-state index in [4.69, 9.17) is 0 Å². The second-order valence-corrected chi connectivity index (χ2v) is 3.25. The molecule has 0 atom stereocenters. The maximum Gasteiger partial charge on any atom is 0.419 e. The van der Waals surface area contributed by atoms with Gasteiger partial charge in [-0.25, -0.2) is 13.2 Å². The minimum atomic E-state index is -4.97. The Balaban J connectivity index is 3.29. The van der Waals surface area contributed by atoms with Crippen LogP contribution in [0, 0.1) is 5.82 Å². The zero-order chi connectivity index (χ0) is 12.6. The van der Waals surface area contributed by atoms with Gasteiger partial charge in [0.25, 0.3) is 5.92 Å². The average molecular weight is 242 g/mol. The molecular weight excluding hydrogens is 234 g/mol. The Labute approximate surface area is 87.9 Å². The van der Waals surface area contributed by atoms with Crippen molar-refractivity contribution in [2.45, 2.75) is 25.4 Å². The summed E-state index contributed by atoms with van der Waals surface area (Å²) in [6.45, 7) is 1.14. The van der Waals surface area contributed by atoms with Crippen LogP contribution in [0.1, 0.15) is 24.5 Å². The first-order valence-electron chi connectivity index (χ1n) is 4.43. The van der Waals surface area contributed by atoms with E-state index < -0.39 is 35.5 Å². The lowest BCUT2D eigenvalue weighted by atomic mass is 10.0. The third kappa shape index (κ3) is 2.48. The van der Waals surface area contributed by atoms with Crippen LogP contribution in [-0.2, 0) is 12.1 Å². The molecule has 0 bridgehead atoms. The van der Waals surface area contributed by atoms with Gasteiger partial charge in [0, 0.05) is 12.0 Å². The molecule has 0 N–H and O–H groups in total. The standard InChI is InChI=1S/C10H8F6/c1-2-9(12,13)6-3-4-8(11)7(5-6)10(14,15)16/h3-5H,2H2,1H3. The summed E-state index contributed by atoms with van der Waals surface area (Å²) in [4.78, 5) is 0. The summed E-state index contributed by atoms with van der Waals surface area (Å²) < 4.78 is 75.7. The second-order valence-electron chi connectivity index (χ2n) is 3.25. The summed E-state index contributed by atoms with van der Waals surface area (Å²) in [5.74, 6) is -4.93. The number of halogens is 6. The van der Waals surface area contributed by atoms with E-state index in [1.807, 2.05) is 0 Å². The highest BCUT2D eigenvalue weighted by Gasteiger charge is 2.37. The van der Waals surface area contributed by atoms with E-state index in [9.17, 15) is 26.3 Å². The van der Waals surface area contributed by atoms with Crippen molar-refractivity contribution in [2.75, 3.05) is 0 Å². The molecule has 0 fully saturated rings. The molecule has 0 heterocycles. The van der Waals surface area contributed by atoms with Crippen LogP contribution in [0.5, 0.6) is 0 Å². The van der Waals surface area contributed by atoms with Gasteiger partial charge in [-0.05, 0) is 12.1 Å². The highest BCUT2D eigenvalue weighted by molar-refractivity contribution is 5.30. The second kappa shape index (κ2) is 3.99. The molecule has 0 amide bonds. The average Bonchev–Trinajstić information content (AvgIpc) is 2.16. The van der Waals surface area contributed by atoms with Crippen molar-refractivity contribution in [3.05, 3.63) is 35.1 Å². The van der Waals surface area contributed by atoms with Crippen LogP contribution in [-0.4, -0.2) is 0 Å². The van der Waals surface area contributed by atoms with E-state index in [1.54, 1.807) is 0 Å². The lowest BCUT2D eigenvalue weighted by Crippen LogP contribution is -2.15. The summed E-state index contributed by atoms with van der Waals surface area (Å²) in [7, 11) is 0. The molecule has 1 aromatic rings. The van der Waals surface area contributed by atoms with E-state index in [2.05, 4.69) is 0 Å². The first-order chi connectivity index (χ1) is 7.18. The first kappa shape index (κ1) is 12.9. The number of alkyl halides is 5. The summed E-state index contributed by atoms with van der Waals surface area (Å²) in [6, 6.07) is 1.22. The number of benzene rings is 1. The van der Waals surface area contributed by atoms with Gasteiger partial charge in [0.2, 0.25) is 0 Å². The monoisotopic (exact) mass is 242 g/mol. The summed E-state index contributed by atoms with van der Waals surface area (Å²) >= 11 is 0. The molecule has 0 aliphatic carbocycles. The fourth-order valence-electron chi connectivity index (χ4n) is 1.17. The largest absolute Gasteiger partial charge is 0.419 e. The zero-order valence-electron chi connectivity index (χ0n) is 8.21. The molecule has 0 nitrogen and oxygen atoms in total. The molecule has 0 saturated heterocycles. The molecule has 0 aliphatic heterocycles. The van der Waals surface area contributed by atoms with E-state index >= 15 is 0 Å². The van der Waals surface area contributed by atoms with Crippen molar-refractivity contribution in [2.24, 2.45) is 0 Å². The Kier molecular flexibility index (Phi) is 3.21. The quantitative estimate of drug-likeness (QED) is 0.676. The molecule has 0 spiro atoms. The fraction of sp³-hybridized carbons (Fsp3) is 0.400. The van der Waals surface area contributed by atoms with E-state index in [0.717, 1.165) is 6.92 Å². The van der Waals surface area contributed by atoms with Crippen LogP contribution in [0.3, 0.4) is 0 Å². The minimum Gasteiger partial charge on any atom is -0.206 e. The molecule has 1 aromatic carbocycles. The van der Waals surface area contributed by atoms with Crippen molar-refractivity contribution in [1.82, 2.24) is 0 Å². The molecule has 0 unspecified atom stereocenters. The van der Waals surface area contributed by atoms with Gasteiger partial charge in [0.05, 0.1) is 5.56 Å². The maximum atomic E-state index is 13.1. The first-order valence-corrected chi connectivity index (χ1v) is 4.43. The SMILES string of the molecule is CCC(F)(F)c1ccc(F)c(C(F)(F)F)c1. The fourth-order valence-corrected chi connectivity index (χ4v) is 1.17. The van der Waals surface area contributed by atoms with Gasteiger partial charge in [0.15, 0.2) is 0 Å². The molecule has 1 rings (SSSR count). The summed E-state index contributed by atoms with van der Waals surface area (Å²) in [6.07, 6.45) is -5.61. The van der Waals surface area contributed by atoms with Crippen molar-refractivity contribution in [1.29, 1.82) is 0 Å². The van der Waals surface area contributed by atoms with Gasteiger partial charge >= 0.3 is 6.18 Å². The Bertz CT molecular complexity index is 379. The van der Waals surface area contributed by atoms with E-state index in [0.29, 0.717) is 12.1 Å². The zero-order valence-corrected chi connectivity index (χ0v) is 8.21. The van der Waals surface area contributed by atoms with E-state index in [1.165, 1.54) is 0 Å². The van der Waals surface area contributed by atoms with Crippen LogP contribution in [0.25, 0.3) is 0 Å². The number of hydrogen-bond acceptors (Lipinski definition) is 0. The van der Waals surface area contributed by atoms with Gasteiger partial charge in [-0.15, -0.1) is 0 Å². The molecule has 6 heteroatoms. The summed E-state index contributed by atoms with van der Waals surface area (Å²) in [5.41, 5.74) is -2.50.